The van der Waals surface area contributed by atoms with Crippen LogP contribution in [0.4, 0.5) is 0 Å². The number of benzene rings is 1. The van der Waals surface area contributed by atoms with Crippen molar-refractivity contribution in [2.75, 3.05) is 19.6 Å². The molecule has 2 atom stereocenters. The van der Waals surface area contributed by atoms with Gasteiger partial charge in [0.05, 0.1) is 0 Å². The maximum absolute atomic E-state index is 2.72. The Kier molecular flexibility index (Phi) is 5.30. The molecular formula is C18H28BrN. The first-order valence-corrected chi connectivity index (χ1v) is 8.02. The number of halogens is 1. The minimum Gasteiger partial charge on any atom is -0.303 e. The first-order chi connectivity index (χ1) is 9.24. The summed E-state index contributed by atoms with van der Waals surface area (Å²) in [7, 11) is 0. The van der Waals surface area contributed by atoms with Crippen molar-refractivity contribution in [3.8, 4) is 0 Å². The molecule has 0 unspecified atom stereocenters. The number of hydrogen-bond donors (Lipinski definition) is 0. The quantitative estimate of drug-likeness (QED) is 0.771. The standard InChI is InChI=1S/C18H27N.BrH/c1-3-18(17-7-5-4-6-8-17)11-12-19(13-15(18)2)14-16-9-10-16;/h4-8,15-16H,3,9-14H2,1-2H3;1H/t15-,18-;/m0./s1. The highest BCUT2D eigenvalue weighted by Gasteiger charge is 2.41. The van der Waals surface area contributed by atoms with Gasteiger partial charge in [0.15, 0.2) is 0 Å². The van der Waals surface area contributed by atoms with Crippen LogP contribution in [0.2, 0.25) is 0 Å². The maximum Gasteiger partial charge on any atom is 0.00157 e. The van der Waals surface area contributed by atoms with Crippen molar-refractivity contribution >= 4 is 17.0 Å². The smallest absolute Gasteiger partial charge is 0.00157 e. The summed E-state index contributed by atoms with van der Waals surface area (Å²) in [5.74, 6) is 1.80. The summed E-state index contributed by atoms with van der Waals surface area (Å²) in [6, 6.07) is 11.2. The van der Waals surface area contributed by atoms with E-state index in [-0.39, 0.29) is 17.0 Å². The molecule has 2 aliphatic rings. The summed E-state index contributed by atoms with van der Waals surface area (Å²) >= 11 is 0. The van der Waals surface area contributed by atoms with Crippen LogP contribution < -0.4 is 0 Å². The molecule has 1 saturated carbocycles. The molecule has 1 aromatic rings. The average molecular weight is 338 g/mol. The van der Waals surface area contributed by atoms with E-state index in [9.17, 15) is 0 Å². The second kappa shape index (κ2) is 6.62. The fourth-order valence-electron chi connectivity index (χ4n) is 4.02. The van der Waals surface area contributed by atoms with E-state index in [1.165, 1.54) is 45.3 Å². The highest BCUT2D eigenvalue weighted by Crippen LogP contribution is 2.43. The Hall–Kier alpha value is -0.340. The van der Waals surface area contributed by atoms with Crippen molar-refractivity contribution < 1.29 is 0 Å². The Morgan fingerprint density at radius 3 is 2.45 bits per heavy atom. The van der Waals surface area contributed by atoms with Crippen LogP contribution in [0, 0.1) is 11.8 Å². The van der Waals surface area contributed by atoms with Gasteiger partial charge in [-0.2, -0.15) is 0 Å². The minimum absolute atomic E-state index is 0. The molecule has 1 aromatic carbocycles. The molecule has 2 heteroatoms. The predicted octanol–water partition coefficient (Wildman–Crippen LogP) is 4.66. The lowest BCUT2D eigenvalue weighted by atomic mass is 9.65. The fourth-order valence-corrected chi connectivity index (χ4v) is 4.02. The first-order valence-electron chi connectivity index (χ1n) is 8.02. The van der Waals surface area contributed by atoms with Gasteiger partial charge in [-0.1, -0.05) is 44.2 Å². The van der Waals surface area contributed by atoms with Gasteiger partial charge in [-0.3, -0.25) is 0 Å². The Labute approximate surface area is 134 Å². The van der Waals surface area contributed by atoms with Crippen LogP contribution in [-0.4, -0.2) is 24.5 Å². The van der Waals surface area contributed by atoms with Crippen LogP contribution >= 0.6 is 17.0 Å². The lowest BCUT2D eigenvalue weighted by molar-refractivity contribution is 0.0933. The van der Waals surface area contributed by atoms with E-state index in [1.54, 1.807) is 5.56 Å². The van der Waals surface area contributed by atoms with Crippen molar-refractivity contribution in [1.29, 1.82) is 0 Å². The third kappa shape index (κ3) is 3.12. The van der Waals surface area contributed by atoms with E-state index < -0.39 is 0 Å². The van der Waals surface area contributed by atoms with Crippen molar-refractivity contribution in [2.24, 2.45) is 11.8 Å². The molecule has 3 rings (SSSR count). The summed E-state index contributed by atoms with van der Waals surface area (Å²) in [5.41, 5.74) is 1.98. The minimum atomic E-state index is 0. The maximum atomic E-state index is 2.72. The van der Waals surface area contributed by atoms with Crippen molar-refractivity contribution in [2.45, 2.75) is 44.9 Å². The van der Waals surface area contributed by atoms with Gasteiger partial charge in [0, 0.05) is 18.5 Å². The summed E-state index contributed by atoms with van der Waals surface area (Å²) < 4.78 is 0. The lowest BCUT2D eigenvalue weighted by Crippen LogP contribution is -2.49. The predicted molar refractivity (Wildman–Crippen MR) is 91.7 cm³/mol. The number of rotatable bonds is 4. The van der Waals surface area contributed by atoms with E-state index in [2.05, 4.69) is 49.1 Å². The van der Waals surface area contributed by atoms with Crippen LogP contribution in [-0.2, 0) is 5.41 Å². The zero-order chi connectivity index (χ0) is 13.3. The van der Waals surface area contributed by atoms with E-state index in [0.29, 0.717) is 5.41 Å². The molecule has 1 aliphatic carbocycles. The second-order valence-electron chi connectivity index (χ2n) is 6.73. The molecule has 1 heterocycles. The van der Waals surface area contributed by atoms with E-state index in [4.69, 9.17) is 0 Å². The number of likely N-dealkylation sites (tertiary alicyclic amines) is 1. The number of piperidine rings is 1. The van der Waals surface area contributed by atoms with Gasteiger partial charge in [0.25, 0.3) is 0 Å². The summed E-state index contributed by atoms with van der Waals surface area (Å²) in [6.45, 7) is 8.79. The second-order valence-corrected chi connectivity index (χ2v) is 6.73. The molecule has 2 fully saturated rings. The van der Waals surface area contributed by atoms with Crippen molar-refractivity contribution in [3.63, 3.8) is 0 Å². The molecule has 20 heavy (non-hydrogen) atoms. The molecule has 0 amide bonds. The summed E-state index contributed by atoms with van der Waals surface area (Å²) in [6.07, 6.45) is 5.56. The largest absolute Gasteiger partial charge is 0.303 e. The van der Waals surface area contributed by atoms with E-state index >= 15 is 0 Å². The molecule has 0 aromatic heterocycles. The summed E-state index contributed by atoms with van der Waals surface area (Å²) in [5, 5.41) is 0. The van der Waals surface area contributed by atoms with Crippen LogP contribution in [0.5, 0.6) is 0 Å². The third-order valence-corrected chi connectivity index (χ3v) is 5.54. The Morgan fingerprint density at radius 1 is 1.20 bits per heavy atom. The SMILES string of the molecule is Br.CC[C@]1(c2ccccc2)CCN(CC2CC2)C[C@@H]1C. The van der Waals surface area contributed by atoms with Gasteiger partial charge >= 0.3 is 0 Å². The topological polar surface area (TPSA) is 3.24 Å². The highest BCUT2D eigenvalue weighted by molar-refractivity contribution is 8.93. The number of hydrogen-bond acceptors (Lipinski definition) is 1. The van der Waals surface area contributed by atoms with Gasteiger partial charge in [-0.05, 0) is 49.6 Å². The highest BCUT2D eigenvalue weighted by atomic mass is 79.9. The summed E-state index contributed by atoms with van der Waals surface area (Å²) in [4.78, 5) is 2.72. The van der Waals surface area contributed by atoms with Gasteiger partial charge in [0.2, 0.25) is 0 Å². The van der Waals surface area contributed by atoms with E-state index in [0.717, 1.165) is 11.8 Å². The zero-order valence-corrected chi connectivity index (χ0v) is 14.6. The van der Waals surface area contributed by atoms with Crippen LogP contribution in [0.25, 0.3) is 0 Å². The molecule has 0 bridgehead atoms. The zero-order valence-electron chi connectivity index (χ0n) is 12.8. The first kappa shape index (κ1) is 16.0. The average Bonchev–Trinajstić information content (AvgIpc) is 3.25. The fraction of sp³-hybridized carbons (Fsp3) is 0.667. The molecule has 112 valence electrons. The van der Waals surface area contributed by atoms with Gasteiger partial charge < -0.3 is 4.90 Å². The van der Waals surface area contributed by atoms with Gasteiger partial charge in [0.1, 0.15) is 0 Å². The van der Waals surface area contributed by atoms with Crippen molar-refractivity contribution in [3.05, 3.63) is 35.9 Å². The van der Waals surface area contributed by atoms with Gasteiger partial charge in [-0.15, -0.1) is 17.0 Å². The third-order valence-electron chi connectivity index (χ3n) is 5.54. The molecule has 0 N–H and O–H groups in total. The number of nitrogens with zero attached hydrogens (tertiary/aromatic N) is 1. The van der Waals surface area contributed by atoms with Crippen molar-refractivity contribution in [1.82, 2.24) is 4.90 Å². The molecule has 0 spiro atoms. The van der Waals surface area contributed by atoms with Crippen LogP contribution in [0.3, 0.4) is 0 Å². The Balaban J connectivity index is 0.00000147. The normalized spacial score (nSPS) is 30.8. The monoisotopic (exact) mass is 337 g/mol. The van der Waals surface area contributed by atoms with Gasteiger partial charge in [-0.25, -0.2) is 0 Å². The molecular weight excluding hydrogens is 310 g/mol. The van der Waals surface area contributed by atoms with Crippen LogP contribution in [0.1, 0.15) is 45.1 Å². The molecule has 1 saturated heterocycles. The molecule has 0 radical (unpaired) electrons. The van der Waals surface area contributed by atoms with E-state index in [1.807, 2.05) is 0 Å². The molecule has 1 nitrogen and oxygen atoms in total. The lowest BCUT2D eigenvalue weighted by Gasteiger charge is -2.47. The van der Waals surface area contributed by atoms with Crippen LogP contribution in [0.15, 0.2) is 30.3 Å². The molecule has 1 aliphatic heterocycles. The Bertz CT molecular complexity index is 415. The Morgan fingerprint density at radius 2 is 1.90 bits per heavy atom.